The predicted octanol–water partition coefficient (Wildman–Crippen LogP) is 9.54. The maximum Gasteiger partial charge on any atom is 0.126 e. The lowest BCUT2D eigenvalue weighted by molar-refractivity contribution is -0.140. The molecule has 4 aliphatic carbocycles. The highest BCUT2D eigenvalue weighted by atomic mass is 35.5. The molecule has 1 N–H and O–H groups in total. The summed E-state index contributed by atoms with van der Waals surface area (Å²) in [6, 6.07) is 7.67. The summed E-state index contributed by atoms with van der Waals surface area (Å²) in [5.74, 6) is 12.5. The Balaban J connectivity index is 1.26. The van der Waals surface area contributed by atoms with E-state index in [4.69, 9.17) is 11.6 Å². The molecule has 0 amide bonds. The van der Waals surface area contributed by atoms with Crippen molar-refractivity contribution in [2.45, 2.75) is 117 Å². The van der Waals surface area contributed by atoms with Crippen LogP contribution < -0.4 is 0 Å². The molecule has 0 radical (unpaired) electrons. The van der Waals surface area contributed by atoms with Gasteiger partial charge >= 0.3 is 0 Å². The summed E-state index contributed by atoms with van der Waals surface area (Å²) in [5.41, 5.74) is 1.03. The summed E-state index contributed by atoms with van der Waals surface area (Å²) < 4.78 is 0. The first kappa shape index (κ1) is 27.6. The minimum Gasteiger partial charge on any atom is -0.378 e. The lowest BCUT2D eigenvalue weighted by atomic mass is 9.43. The molecular weight excluding hydrogens is 472 g/mol. The largest absolute Gasteiger partial charge is 0.378 e. The van der Waals surface area contributed by atoms with Crippen LogP contribution in [-0.2, 0) is 0 Å². The minimum absolute atomic E-state index is 0.374. The van der Waals surface area contributed by atoms with Gasteiger partial charge < -0.3 is 5.11 Å². The van der Waals surface area contributed by atoms with Crippen LogP contribution >= 0.6 is 11.6 Å². The summed E-state index contributed by atoms with van der Waals surface area (Å²) in [7, 11) is 0. The van der Waals surface area contributed by atoms with E-state index in [0.717, 1.165) is 65.4 Å². The van der Waals surface area contributed by atoms with Gasteiger partial charge in [-0.2, -0.15) is 0 Å². The van der Waals surface area contributed by atoms with Crippen LogP contribution in [-0.4, -0.2) is 10.7 Å². The fraction of sp³-hybridized carbons (Fsp3) is 0.771. The SMILES string of the molecule is CC(C)CCC[C@H](C)[C@H]1CC[C@H]2[C@H]3CC[C@H]4C[C@](O)(C#Cc5ccc(Cl)cc5)CC[C@]4(C)[C@@H]3CC[C@]12C. The van der Waals surface area contributed by atoms with Crippen LogP contribution in [0, 0.1) is 64.1 Å². The van der Waals surface area contributed by atoms with Crippen LogP contribution in [0.5, 0.6) is 0 Å². The molecule has 0 aliphatic heterocycles. The van der Waals surface area contributed by atoms with Gasteiger partial charge in [-0.3, -0.25) is 0 Å². The van der Waals surface area contributed by atoms with Crippen LogP contribution in [0.4, 0.5) is 0 Å². The molecule has 0 heterocycles. The van der Waals surface area contributed by atoms with E-state index >= 15 is 0 Å². The lowest BCUT2D eigenvalue weighted by Gasteiger charge is -2.62. The second-order valence-corrected chi connectivity index (χ2v) is 15.1. The van der Waals surface area contributed by atoms with Crippen molar-refractivity contribution < 1.29 is 5.11 Å². The van der Waals surface area contributed by atoms with Gasteiger partial charge in [-0.1, -0.05) is 77.3 Å². The summed E-state index contributed by atoms with van der Waals surface area (Å²) in [4.78, 5) is 0. The van der Waals surface area contributed by atoms with Gasteiger partial charge in [0.1, 0.15) is 5.60 Å². The molecule has 1 aromatic carbocycles. The second-order valence-electron chi connectivity index (χ2n) is 14.7. The van der Waals surface area contributed by atoms with Crippen molar-refractivity contribution in [2.24, 2.45) is 52.3 Å². The standard InChI is InChI=1S/C35H51ClO/c1-24(2)7-6-8-25(3)30-15-16-31-29-14-11-27-23-35(37,20-17-26-9-12-28(36)13-10-26)22-21-33(27,4)32(29)18-19-34(30,31)5/h9-10,12-13,24-25,27,29-32,37H,6-8,11,14-16,18-19,21-23H2,1-5H3/t25-,27-,29+,30+,31-,32+,33-,34+,35-/m0/s1. The molecule has 0 aromatic heterocycles. The van der Waals surface area contributed by atoms with Gasteiger partial charge in [0.2, 0.25) is 0 Å². The zero-order valence-corrected chi connectivity index (χ0v) is 24.9. The Hall–Kier alpha value is -0.970. The van der Waals surface area contributed by atoms with Gasteiger partial charge in [0.05, 0.1) is 0 Å². The molecule has 0 unspecified atom stereocenters. The highest BCUT2D eigenvalue weighted by Gasteiger charge is 2.61. The molecule has 0 bridgehead atoms. The van der Waals surface area contributed by atoms with E-state index in [1.807, 2.05) is 24.3 Å². The van der Waals surface area contributed by atoms with Gasteiger partial charge in [0, 0.05) is 10.6 Å². The molecular formula is C35H51ClO. The Kier molecular flexibility index (Phi) is 7.86. The molecule has 9 atom stereocenters. The summed E-state index contributed by atoms with van der Waals surface area (Å²) in [6.45, 7) is 12.6. The van der Waals surface area contributed by atoms with E-state index in [-0.39, 0.29) is 0 Å². The van der Waals surface area contributed by atoms with Crippen molar-refractivity contribution in [2.75, 3.05) is 0 Å². The number of hydrogen-bond acceptors (Lipinski definition) is 1. The average Bonchev–Trinajstić information content (AvgIpc) is 3.21. The molecule has 0 saturated heterocycles. The first-order chi connectivity index (χ1) is 17.5. The smallest absolute Gasteiger partial charge is 0.126 e. The Bertz CT molecular complexity index is 1000. The Morgan fingerprint density at radius 1 is 0.892 bits per heavy atom. The second kappa shape index (κ2) is 10.5. The molecule has 4 aliphatic rings. The number of fused-ring (bicyclic) bond motifs is 5. The topological polar surface area (TPSA) is 20.2 Å². The predicted molar refractivity (Wildman–Crippen MR) is 156 cm³/mol. The van der Waals surface area contributed by atoms with E-state index in [2.05, 4.69) is 46.5 Å². The maximum absolute atomic E-state index is 11.5. The third-order valence-electron chi connectivity index (χ3n) is 12.2. The molecule has 2 heteroatoms. The summed E-state index contributed by atoms with van der Waals surface area (Å²) in [6.07, 6.45) is 15.5. The minimum atomic E-state index is -0.844. The van der Waals surface area contributed by atoms with Crippen LogP contribution in [0.2, 0.25) is 5.02 Å². The van der Waals surface area contributed by atoms with Gasteiger partial charge in [-0.25, -0.2) is 0 Å². The van der Waals surface area contributed by atoms with Crippen molar-refractivity contribution in [3.63, 3.8) is 0 Å². The number of aliphatic hydroxyl groups is 1. The number of benzene rings is 1. The number of rotatable bonds is 5. The Morgan fingerprint density at radius 2 is 1.62 bits per heavy atom. The zero-order valence-electron chi connectivity index (χ0n) is 24.2. The molecule has 5 rings (SSSR count). The number of halogens is 1. The zero-order chi connectivity index (χ0) is 26.4. The molecule has 1 nitrogen and oxygen atoms in total. The van der Waals surface area contributed by atoms with Gasteiger partial charge in [-0.05, 0) is 134 Å². The van der Waals surface area contributed by atoms with E-state index in [1.165, 1.54) is 57.8 Å². The first-order valence-electron chi connectivity index (χ1n) is 15.6. The lowest BCUT2D eigenvalue weighted by Crippen LogP contribution is -2.55. The first-order valence-corrected chi connectivity index (χ1v) is 15.9. The third-order valence-corrected chi connectivity index (χ3v) is 12.5. The van der Waals surface area contributed by atoms with Crippen molar-refractivity contribution >= 4 is 11.6 Å². The van der Waals surface area contributed by atoms with E-state index < -0.39 is 5.60 Å². The molecule has 4 saturated carbocycles. The van der Waals surface area contributed by atoms with Gasteiger partial charge in [0.25, 0.3) is 0 Å². The molecule has 204 valence electrons. The number of hydrogen-bond donors (Lipinski definition) is 1. The molecule has 37 heavy (non-hydrogen) atoms. The van der Waals surface area contributed by atoms with Crippen molar-refractivity contribution in [3.8, 4) is 11.8 Å². The monoisotopic (exact) mass is 522 g/mol. The van der Waals surface area contributed by atoms with E-state index in [0.29, 0.717) is 16.7 Å². The Morgan fingerprint density at radius 3 is 2.35 bits per heavy atom. The molecule has 0 spiro atoms. The van der Waals surface area contributed by atoms with E-state index in [9.17, 15) is 5.11 Å². The third kappa shape index (κ3) is 5.29. The Labute approximate surface area is 232 Å². The van der Waals surface area contributed by atoms with Gasteiger partial charge in [0.15, 0.2) is 0 Å². The van der Waals surface area contributed by atoms with Crippen LogP contribution in [0.1, 0.15) is 117 Å². The fourth-order valence-corrected chi connectivity index (χ4v) is 10.2. The van der Waals surface area contributed by atoms with Crippen molar-refractivity contribution in [3.05, 3.63) is 34.9 Å². The van der Waals surface area contributed by atoms with E-state index in [1.54, 1.807) is 0 Å². The summed E-state index contributed by atoms with van der Waals surface area (Å²) in [5, 5.41) is 12.3. The maximum atomic E-state index is 11.5. The summed E-state index contributed by atoms with van der Waals surface area (Å²) >= 11 is 6.03. The average molecular weight is 523 g/mol. The van der Waals surface area contributed by atoms with Crippen LogP contribution in [0.25, 0.3) is 0 Å². The van der Waals surface area contributed by atoms with Crippen molar-refractivity contribution in [1.29, 1.82) is 0 Å². The normalized spacial score (nSPS) is 41.8. The highest BCUT2D eigenvalue weighted by Crippen LogP contribution is 2.68. The van der Waals surface area contributed by atoms with Crippen LogP contribution in [0.3, 0.4) is 0 Å². The van der Waals surface area contributed by atoms with Crippen molar-refractivity contribution in [1.82, 2.24) is 0 Å². The fourth-order valence-electron chi connectivity index (χ4n) is 10.1. The van der Waals surface area contributed by atoms with Gasteiger partial charge in [-0.15, -0.1) is 0 Å². The highest BCUT2D eigenvalue weighted by molar-refractivity contribution is 6.30. The van der Waals surface area contributed by atoms with Crippen LogP contribution in [0.15, 0.2) is 24.3 Å². The quantitative estimate of drug-likeness (QED) is 0.381. The molecule has 1 aromatic rings. The molecule has 4 fully saturated rings.